The third-order valence-corrected chi connectivity index (χ3v) is 12.6. The fourth-order valence-electron chi connectivity index (χ4n) is 7.14. The van der Waals surface area contributed by atoms with Crippen molar-refractivity contribution in [1.82, 2.24) is 0 Å². The zero-order chi connectivity index (χ0) is 54.9. The lowest BCUT2D eigenvalue weighted by Crippen LogP contribution is -2.37. The van der Waals surface area contributed by atoms with Gasteiger partial charge >= 0.3 is 19.8 Å². The Hall–Kier alpha value is -4.11. The van der Waals surface area contributed by atoms with Crippen LogP contribution in [-0.2, 0) is 32.7 Å². The first-order valence-corrected chi connectivity index (χ1v) is 30.6. The van der Waals surface area contributed by atoms with E-state index in [1.54, 1.807) is 0 Å². The molecule has 0 saturated heterocycles. The Balaban J connectivity index is 4.09. The fourth-order valence-corrected chi connectivity index (χ4v) is 7.88. The maximum Gasteiger partial charge on any atom is 0.472 e. The van der Waals surface area contributed by atoms with Gasteiger partial charge in [0, 0.05) is 12.8 Å². The van der Waals surface area contributed by atoms with Gasteiger partial charge in [-0.1, -0.05) is 217 Å². The second-order valence-electron chi connectivity index (χ2n) is 19.9. The molecule has 1 N–H and O–H groups in total. The van der Waals surface area contributed by atoms with Crippen molar-refractivity contribution in [3.63, 3.8) is 0 Å². The highest BCUT2D eigenvalue weighted by Gasteiger charge is 2.27. The van der Waals surface area contributed by atoms with Crippen LogP contribution in [0.4, 0.5) is 0 Å². The molecule has 0 aromatic carbocycles. The minimum Gasteiger partial charge on any atom is -0.462 e. The number of hydrogen-bond donors (Lipinski definition) is 1. The highest BCUT2D eigenvalue weighted by Crippen LogP contribution is 2.43. The highest BCUT2D eigenvalue weighted by atomic mass is 31.2. The summed E-state index contributed by atoms with van der Waals surface area (Å²) in [4.78, 5) is 35.5. The molecule has 0 aliphatic rings. The molecule has 0 heterocycles. The van der Waals surface area contributed by atoms with E-state index in [1.165, 1.54) is 25.7 Å². The van der Waals surface area contributed by atoms with Gasteiger partial charge in [0.05, 0.1) is 27.7 Å². The van der Waals surface area contributed by atoms with E-state index in [2.05, 4.69) is 160 Å². The van der Waals surface area contributed by atoms with Crippen LogP contribution in [0.1, 0.15) is 200 Å². The largest absolute Gasteiger partial charge is 0.472 e. The summed E-state index contributed by atoms with van der Waals surface area (Å²) in [5.41, 5.74) is 0. The molecule has 0 aliphatic heterocycles. The van der Waals surface area contributed by atoms with Crippen molar-refractivity contribution >= 4 is 19.8 Å². The van der Waals surface area contributed by atoms with Gasteiger partial charge in [0.25, 0.3) is 0 Å². The van der Waals surface area contributed by atoms with Gasteiger partial charge in [0.1, 0.15) is 19.8 Å². The zero-order valence-corrected chi connectivity index (χ0v) is 48.9. The summed E-state index contributed by atoms with van der Waals surface area (Å²) in [5.74, 6) is -0.835. The Labute approximate surface area is 459 Å². The topological polar surface area (TPSA) is 108 Å². The van der Waals surface area contributed by atoms with Crippen LogP contribution in [0.25, 0.3) is 0 Å². The molecule has 2 unspecified atom stereocenters. The van der Waals surface area contributed by atoms with Gasteiger partial charge in [0.15, 0.2) is 6.10 Å². The molecular formula is C65H107NO8P+. The molecule has 0 rings (SSSR count). The van der Waals surface area contributed by atoms with Crippen molar-refractivity contribution in [2.75, 3.05) is 47.5 Å². The number of carbonyl (C=O) groups is 2. The van der Waals surface area contributed by atoms with Crippen molar-refractivity contribution in [1.29, 1.82) is 0 Å². The van der Waals surface area contributed by atoms with Gasteiger partial charge in [-0.3, -0.25) is 18.6 Å². The number of esters is 2. The van der Waals surface area contributed by atoms with Gasteiger partial charge in [-0.15, -0.1) is 0 Å². The zero-order valence-electron chi connectivity index (χ0n) is 48.0. The summed E-state index contributed by atoms with van der Waals surface area (Å²) < 4.78 is 34.4. The fraction of sp³-hybridized carbons (Fsp3) is 0.600. The minimum atomic E-state index is -4.39. The molecule has 10 heteroatoms. The van der Waals surface area contributed by atoms with Crippen LogP contribution in [0.15, 0.2) is 146 Å². The number of carbonyl (C=O) groups excluding carboxylic acids is 2. The van der Waals surface area contributed by atoms with Crippen LogP contribution in [0, 0.1) is 0 Å². The van der Waals surface area contributed by atoms with Gasteiger partial charge in [-0.05, 0) is 116 Å². The number of allylic oxidation sites excluding steroid dienone is 24. The van der Waals surface area contributed by atoms with Crippen molar-refractivity contribution in [2.45, 2.75) is 206 Å². The van der Waals surface area contributed by atoms with E-state index in [1.807, 2.05) is 21.1 Å². The van der Waals surface area contributed by atoms with Crippen LogP contribution >= 0.6 is 7.82 Å². The molecule has 2 atom stereocenters. The molecule has 9 nitrogen and oxygen atoms in total. The van der Waals surface area contributed by atoms with E-state index in [0.717, 1.165) is 141 Å². The average Bonchev–Trinajstić information content (AvgIpc) is 3.37. The molecule has 0 fully saturated rings. The quantitative estimate of drug-likeness (QED) is 0.0211. The van der Waals surface area contributed by atoms with Crippen molar-refractivity contribution in [2.24, 2.45) is 0 Å². The standard InChI is InChI=1S/C65H106NO8P/c1-6-8-10-12-14-16-18-19-20-21-22-23-24-25-26-27-28-29-30-31-32-33-34-35-36-37-38-39-40-41-42-43-44-45-46-47-48-50-52-54-56-58-65(68)74-63(62-73-75(69,70)72-60-59-66(3,4)5)61-71-64(67)57-55-53-51-49-17-15-13-11-9-7-2/h8,10-11,13-14,16,19-20,22-23,25-26,28-29,31-32,34-35,37-38,40-41,43-44,63H,6-7,9,12,15,17-18,21,24,27,30,33,36,39,42,45-62H2,1-5H3/p+1/b10-8-,13-11-,16-14-,20-19-,23-22-,26-25-,29-28-,32-31-,35-34-,38-37-,41-40-,44-43-. The lowest BCUT2D eigenvalue weighted by Gasteiger charge is -2.24. The lowest BCUT2D eigenvalue weighted by atomic mass is 10.1. The third-order valence-electron chi connectivity index (χ3n) is 11.6. The Morgan fingerprint density at radius 2 is 0.760 bits per heavy atom. The number of phosphoric ester groups is 1. The van der Waals surface area contributed by atoms with E-state index < -0.39 is 26.5 Å². The molecule has 0 aromatic heterocycles. The highest BCUT2D eigenvalue weighted by molar-refractivity contribution is 7.47. The molecule has 0 aromatic rings. The SMILES string of the molecule is CC/C=C\C/C=C\C/C=C\C/C=C\C/C=C\C/C=C\C/C=C\C/C=C\C/C=C\C/C=C\C/C=C\CCCCCCCCCC(=O)OC(COC(=O)CCCCCCC/C=C\CCC)COP(=O)(O)OCC[N+](C)(C)C. The maximum absolute atomic E-state index is 12.8. The number of nitrogens with zero attached hydrogens (tertiary/aromatic N) is 1. The summed E-state index contributed by atoms with van der Waals surface area (Å²) in [7, 11) is 1.44. The van der Waals surface area contributed by atoms with Gasteiger partial charge in [-0.2, -0.15) is 0 Å². The number of hydrogen-bond acceptors (Lipinski definition) is 7. The second-order valence-corrected chi connectivity index (χ2v) is 21.4. The van der Waals surface area contributed by atoms with E-state index in [-0.39, 0.29) is 32.0 Å². The first-order valence-electron chi connectivity index (χ1n) is 29.1. The van der Waals surface area contributed by atoms with Gasteiger partial charge < -0.3 is 18.9 Å². The Morgan fingerprint density at radius 1 is 0.427 bits per heavy atom. The molecule has 0 spiro atoms. The monoisotopic (exact) mass is 1060 g/mol. The summed E-state index contributed by atoms with van der Waals surface area (Å²) in [5, 5.41) is 0. The summed E-state index contributed by atoms with van der Waals surface area (Å²) >= 11 is 0. The molecule has 424 valence electrons. The smallest absolute Gasteiger partial charge is 0.462 e. The summed E-state index contributed by atoms with van der Waals surface area (Å²) in [6, 6.07) is 0. The predicted octanol–water partition coefficient (Wildman–Crippen LogP) is 18.3. The number of rotatable bonds is 51. The minimum absolute atomic E-state index is 0.0209. The predicted molar refractivity (Wildman–Crippen MR) is 320 cm³/mol. The van der Waals surface area contributed by atoms with Crippen LogP contribution in [-0.4, -0.2) is 74.9 Å². The number of unbranched alkanes of at least 4 members (excludes halogenated alkanes) is 13. The lowest BCUT2D eigenvalue weighted by molar-refractivity contribution is -0.870. The van der Waals surface area contributed by atoms with E-state index >= 15 is 0 Å². The first-order chi connectivity index (χ1) is 36.5. The number of phosphoric acid groups is 1. The van der Waals surface area contributed by atoms with Gasteiger partial charge in [0.2, 0.25) is 0 Å². The Morgan fingerprint density at radius 3 is 1.15 bits per heavy atom. The summed E-state index contributed by atoms with van der Waals surface area (Å²) in [6.45, 7) is 4.20. The maximum atomic E-state index is 12.8. The number of ether oxygens (including phenoxy) is 2. The van der Waals surface area contributed by atoms with Gasteiger partial charge in [-0.25, -0.2) is 4.57 Å². The molecular weight excluding hydrogens is 954 g/mol. The van der Waals surface area contributed by atoms with Crippen molar-refractivity contribution in [3.05, 3.63) is 146 Å². The van der Waals surface area contributed by atoms with Crippen molar-refractivity contribution < 1.29 is 42.1 Å². The Kier molecular flexibility index (Phi) is 51.7. The Bertz CT molecular complexity index is 1770. The second kappa shape index (κ2) is 54.7. The van der Waals surface area contributed by atoms with E-state index in [4.69, 9.17) is 18.5 Å². The summed E-state index contributed by atoms with van der Waals surface area (Å²) in [6.07, 6.45) is 80.8. The van der Waals surface area contributed by atoms with Crippen LogP contribution < -0.4 is 0 Å². The molecule has 0 aliphatic carbocycles. The molecule has 0 radical (unpaired) electrons. The third kappa shape index (κ3) is 59.0. The average molecular weight is 1060 g/mol. The van der Waals surface area contributed by atoms with Crippen molar-refractivity contribution in [3.8, 4) is 0 Å². The van der Waals surface area contributed by atoms with Crippen LogP contribution in [0.2, 0.25) is 0 Å². The van der Waals surface area contributed by atoms with Crippen LogP contribution in [0.5, 0.6) is 0 Å². The molecule has 75 heavy (non-hydrogen) atoms. The van der Waals surface area contributed by atoms with E-state index in [9.17, 15) is 19.0 Å². The number of likely N-dealkylation sites (N-methyl/N-ethyl adjacent to an activating group) is 1. The first kappa shape index (κ1) is 70.9. The normalized spacial score (nSPS) is 14.4. The number of quaternary nitrogens is 1. The van der Waals surface area contributed by atoms with E-state index in [0.29, 0.717) is 17.4 Å². The van der Waals surface area contributed by atoms with Crippen LogP contribution in [0.3, 0.4) is 0 Å². The molecule has 0 amide bonds. The molecule has 0 saturated carbocycles. The molecule has 0 bridgehead atoms.